The minimum atomic E-state index is -3.32. The van der Waals surface area contributed by atoms with Gasteiger partial charge in [0.05, 0.1) is 22.2 Å². The highest BCUT2D eigenvalue weighted by molar-refractivity contribution is 7.90. The van der Waals surface area contributed by atoms with E-state index in [1.54, 1.807) is 30.5 Å². The lowest BCUT2D eigenvalue weighted by atomic mass is 10.1. The van der Waals surface area contributed by atoms with Gasteiger partial charge < -0.3 is 5.32 Å². The smallest absolute Gasteiger partial charge is 0.257 e. The first kappa shape index (κ1) is 14.3. The predicted octanol–water partition coefficient (Wildman–Crippen LogP) is 2.22. The molecule has 0 radical (unpaired) electrons. The standard InChI is InChI=1S/C15H13N3O3S/c1-22(20,21)12-6-3-5-11(8-12)17-15(19)13-7-2-4-10-9-16-18-14(10)13/h2-9H,1H3,(H,16,18)(H,17,19). The van der Waals surface area contributed by atoms with Crippen molar-refractivity contribution < 1.29 is 13.2 Å². The molecular weight excluding hydrogens is 302 g/mol. The minimum absolute atomic E-state index is 0.157. The molecule has 7 heteroatoms. The number of aromatic nitrogens is 2. The number of carbonyl (C=O) groups excluding carboxylic acids is 1. The van der Waals surface area contributed by atoms with E-state index in [9.17, 15) is 13.2 Å². The molecule has 0 atom stereocenters. The highest BCUT2D eigenvalue weighted by Crippen LogP contribution is 2.19. The molecule has 3 rings (SSSR count). The van der Waals surface area contributed by atoms with Crippen molar-refractivity contribution in [2.24, 2.45) is 0 Å². The van der Waals surface area contributed by atoms with Gasteiger partial charge in [-0.3, -0.25) is 9.89 Å². The fraction of sp³-hybridized carbons (Fsp3) is 0.0667. The first-order valence-corrected chi connectivity index (χ1v) is 8.38. The zero-order valence-corrected chi connectivity index (χ0v) is 12.5. The topological polar surface area (TPSA) is 91.9 Å². The lowest BCUT2D eigenvalue weighted by Crippen LogP contribution is -2.13. The normalized spacial score (nSPS) is 11.5. The number of aromatic amines is 1. The van der Waals surface area contributed by atoms with Crippen LogP contribution in [0.4, 0.5) is 5.69 Å². The number of anilines is 1. The third-order valence-electron chi connectivity index (χ3n) is 3.24. The van der Waals surface area contributed by atoms with Gasteiger partial charge in [-0.1, -0.05) is 18.2 Å². The molecular formula is C15H13N3O3S. The number of benzene rings is 2. The van der Waals surface area contributed by atoms with Crippen LogP contribution in [-0.2, 0) is 9.84 Å². The molecule has 0 bridgehead atoms. The zero-order valence-electron chi connectivity index (χ0n) is 11.7. The Labute approximate surface area is 127 Å². The van der Waals surface area contributed by atoms with E-state index in [0.29, 0.717) is 16.8 Å². The molecule has 0 aliphatic carbocycles. The highest BCUT2D eigenvalue weighted by atomic mass is 32.2. The van der Waals surface area contributed by atoms with Crippen LogP contribution in [0.25, 0.3) is 10.9 Å². The number of rotatable bonds is 3. The quantitative estimate of drug-likeness (QED) is 0.775. The van der Waals surface area contributed by atoms with Gasteiger partial charge in [0, 0.05) is 17.3 Å². The Hall–Kier alpha value is -2.67. The van der Waals surface area contributed by atoms with Gasteiger partial charge in [0.15, 0.2) is 9.84 Å². The molecule has 0 unspecified atom stereocenters. The number of nitrogens with zero attached hydrogens (tertiary/aromatic N) is 1. The van der Waals surface area contributed by atoms with Gasteiger partial charge in [-0.2, -0.15) is 5.10 Å². The number of fused-ring (bicyclic) bond motifs is 1. The first-order chi connectivity index (χ1) is 10.4. The zero-order chi connectivity index (χ0) is 15.7. The Morgan fingerprint density at radius 1 is 1.18 bits per heavy atom. The van der Waals surface area contributed by atoms with E-state index < -0.39 is 9.84 Å². The molecule has 0 fully saturated rings. The van der Waals surface area contributed by atoms with Gasteiger partial charge in [-0.15, -0.1) is 0 Å². The number of sulfone groups is 1. The Morgan fingerprint density at radius 2 is 1.95 bits per heavy atom. The Kier molecular flexibility index (Phi) is 3.42. The number of hydrogen-bond acceptors (Lipinski definition) is 4. The van der Waals surface area contributed by atoms with Crippen LogP contribution in [-0.4, -0.2) is 30.8 Å². The van der Waals surface area contributed by atoms with E-state index >= 15 is 0 Å². The molecule has 0 saturated heterocycles. The van der Waals surface area contributed by atoms with Crippen molar-refractivity contribution in [2.75, 3.05) is 11.6 Å². The molecule has 112 valence electrons. The summed E-state index contributed by atoms with van der Waals surface area (Å²) in [6.45, 7) is 0. The SMILES string of the molecule is CS(=O)(=O)c1cccc(NC(=O)c2cccc3cn[nH]c23)c1. The monoisotopic (exact) mass is 315 g/mol. The maximum atomic E-state index is 12.4. The van der Waals surface area contributed by atoms with Gasteiger partial charge in [0.25, 0.3) is 5.91 Å². The van der Waals surface area contributed by atoms with E-state index in [4.69, 9.17) is 0 Å². The molecule has 22 heavy (non-hydrogen) atoms. The van der Waals surface area contributed by atoms with Crippen molar-refractivity contribution in [2.45, 2.75) is 4.90 Å². The number of para-hydroxylation sites is 1. The van der Waals surface area contributed by atoms with Crippen LogP contribution >= 0.6 is 0 Å². The summed E-state index contributed by atoms with van der Waals surface area (Å²) < 4.78 is 23.1. The summed E-state index contributed by atoms with van der Waals surface area (Å²) in [6, 6.07) is 11.4. The molecule has 1 amide bonds. The maximum absolute atomic E-state index is 12.4. The second kappa shape index (κ2) is 5.27. The van der Waals surface area contributed by atoms with Gasteiger partial charge in [0.1, 0.15) is 0 Å². The second-order valence-corrected chi connectivity index (χ2v) is 6.91. The van der Waals surface area contributed by atoms with Crippen LogP contribution in [0.15, 0.2) is 53.6 Å². The summed E-state index contributed by atoms with van der Waals surface area (Å²) >= 11 is 0. The minimum Gasteiger partial charge on any atom is -0.322 e. The van der Waals surface area contributed by atoms with Crippen molar-refractivity contribution in [3.05, 3.63) is 54.2 Å². The van der Waals surface area contributed by atoms with Crippen LogP contribution < -0.4 is 5.32 Å². The summed E-state index contributed by atoms with van der Waals surface area (Å²) in [5.74, 6) is -0.333. The number of carbonyl (C=O) groups is 1. The number of amides is 1. The van der Waals surface area contributed by atoms with Crippen LogP contribution in [0, 0.1) is 0 Å². The molecule has 2 N–H and O–H groups in total. The molecule has 2 aromatic carbocycles. The lowest BCUT2D eigenvalue weighted by molar-refractivity contribution is 0.102. The maximum Gasteiger partial charge on any atom is 0.257 e. The summed E-state index contributed by atoms with van der Waals surface area (Å²) in [5.41, 5.74) is 1.50. The van der Waals surface area contributed by atoms with Crippen molar-refractivity contribution in [3.8, 4) is 0 Å². The summed E-state index contributed by atoms with van der Waals surface area (Å²) in [4.78, 5) is 12.5. The summed E-state index contributed by atoms with van der Waals surface area (Å²) in [7, 11) is -3.32. The summed E-state index contributed by atoms with van der Waals surface area (Å²) in [6.07, 6.45) is 2.76. The predicted molar refractivity (Wildman–Crippen MR) is 83.6 cm³/mol. The second-order valence-electron chi connectivity index (χ2n) is 4.89. The van der Waals surface area contributed by atoms with E-state index in [1.165, 1.54) is 12.1 Å². The largest absolute Gasteiger partial charge is 0.322 e. The van der Waals surface area contributed by atoms with E-state index in [1.807, 2.05) is 6.07 Å². The van der Waals surface area contributed by atoms with Crippen molar-refractivity contribution >= 4 is 32.3 Å². The molecule has 0 saturated carbocycles. The number of hydrogen-bond donors (Lipinski definition) is 2. The van der Waals surface area contributed by atoms with Gasteiger partial charge in [-0.05, 0) is 24.3 Å². The van der Waals surface area contributed by atoms with E-state index in [2.05, 4.69) is 15.5 Å². The number of nitrogens with one attached hydrogen (secondary N) is 2. The van der Waals surface area contributed by atoms with Crippen molar-refractivity contribution in [1.82, 2.24) is 10.2 Å². The average molecular weight is 315 g/mol. The van der Waals surface area contributed by atoms with Crippen molar-refractivity contribution in [1.29, 1.82) is 0 Å². The lowest BCUT2D eigenvalue weighted by Gasteiger charge is -2.07. The Morgan fingerprint density at radius 3 is 2.73 bits per heavy atom. The van der Waals surface area contributed by atoms with Gasteiger partial charge in [-0.25, -0.2) is 8.42 Å². The molecule has 3 aromatic rings. The van der Waals surface area contributed by atoms with Gasteiger partial charge in [0.2, 0.25) is 0 Å². The Bertz CT molecular complexity index is 961. The molecule has 1 heterocycles. The third-order valence-corrected chi connectivity index (χ3v) is 4.35. The van der Waals surface area contributed by atoms with Crippen molar-refractivity contribution in [3.63, 3.8) is 0 Å². The fourth-order valence-corrected chi connectivity index (χ4v) is 2.83. The van der Waals surface area contributed by atoms with Crippen LogP contribution in [0.1, 0.15) is 10.4 Å². The fourth-order valence-electron chi connectivity index (χ4n) is 2.16. The van der Waals surface area contributed by atoms with E-state index in [-0.39, 0.29) is 10.8 Å². The average Bonchev–Trinajstić information content (AvgIpc) is 2.94. The molecule has 0 aliphatic rings. The van der Waals surface area contributed by atoms with Crippen LogP contribution in [0.3, 0.4) is 0 Å². The molecule has 1 aromatic heterocycles. The summed E-state index contributed by atoms with van der Waals surface area (Å²) in [5, 5.41) is 10.2. The highest BCUT2D eigenvalue weighted by Gasteiger charge is 2.13. The third kappa shape index (κ3) is 2.71. The van der Waals surface area contributed by atoms with Crippen LogP contribution in [0.5, 0.6) is 0 Å². The van der Waals surface area contributed by atoms with Crippen LogP contribution in [0.2, 0.25) is 0 Å². The Balaban J connectivity index is 1.93. The molecule has 6 nitrogen and oxygen atoms in total. The molecule has 0 spiro atoms. The van der Waals surface area contributed by atoms with Gasteiger partial charge >= 0.3 is 0 Å². The first-order valence-electron chi connectivity index (χ1n) is 6.49. The molecule has 0 aliphatic heterocycles. The van der Waals surface area contributed by atoms with E-state index in [0.717, 1.165) is 11.6 Å². The number of H-pyrrole nitrogens is 1.